The fourth-order valence-electron chi connectivity index (χ4n) is 2.63. The Morgan fingerprint density at radius 1 is 1.40 bits per heavy atom. The van der Waals surface area contributed by atoms with E-state index in [1.807, 2.05) is 13.8 Å². The zero-order chi connectivity index (χ0) is 14.7. The smallest absolute Gasteiger partial charge is 0.257 e. The quantitative estimate of drug-likeness (QED) is 0.921. The first-order chi connectivity index (χ1) is 9.52. The van der Waals surface area contributed by atoms with Crippen LogP contribution in [-0.2, 0) is 0 Å². The van der Waals surface area contributed by atoms with Crippen LogP contribution in [0.2, 0.25) is 0 Å². The van der Waals surface area contributed by atoms with Gasteiger partial charge in [0.25, 0.3) is 5.91 Å². The van der Waals surface area contributed by atoms with Crippen LogP contribution in [0.15, 0.2) is 18.2 Å². The first-order valence-corrected chi connectivity index (χ1v) is 6.99. The molecule has 0 aliphatic carbocycles. The average molecular weight is 280 g/mol. The first-order valence-electron chi connectivity index (χ1n) is 6.99. The minimum atomic E-state index is -0.492. The summed E-state index contributed by atoms with van der Waals surface area (Å²) in [5.41, 5.74) is 0.299. The molecule has 1 heterocycles. The van der Waals surface area contributed by atoms with Crippen molar-refractivity contribution in [2.45, 2.75) is 32.9 Å². The van der Waals surface area contributed by atoms with Gasteiger partial charge in [0.15, 0.2) is 11.6 Å². The highest BCUT2D eigenvalue weighted by Crippen LogP contribution is 2.25. The highest BCUT2D eigenvalue weighted by molar-refractivity contribution is 5.97. The Morgan fingerprint density at radius 2 is 2.05 bits per heavy atom. The molecule has 2 rings (SSSR count). The molecular weight excluding hydrogens is 259 g/mol. The molecule has 0 radical (unpaired) electrons. The monoisotopic (exact) mass is 280 g/mol. The number of halogens is 1. The molecule has 1 aromatic carbocycles. The number of para-hydroxylation sites is 1. The number of amides is 1. The minimum Gasteiger partial charge on any atom is -0.490 e. The molecule has 1 aliphatic heterocycles. The van der Waals surface area contributed by atoms with Gasteiger partial charge >= 0.3 is 0 Å². The lowest BCUT2D eigenvalue weighted by Crippen LogP contribution is -2.55. The van der Waals surface area contributed by atoms with E-state index in [4.69, 9.17) is 4.74 Å². The average Bonchev–Trinajstić information content (AvgIpc) is 2.39. The van der Waals surface area contributed by atoms with Gasteiger partial charge < -0.3 is 15.0 Å². The molecule has 1 saturated heterocycles. The SMILES string of the molecule is CCOc1c(F)cccc1C(=O)N1C[C@@H](C)N[C@H](C)C1. The van der Waals surface area contributed by atoms with E-state index in [-0.39, 0.29) is 23.7 Å². The van der Waals surface area contributed by atoms with Gasteiger partial charge in [0.1, 0.15) is 0 Å². The van der Waals surface area contributed by atoms with Crippen LogP contribution in [0.25, 0.3) is 0 Å². The summed E-state index contributed by atoms with van der Waals surface area (Å²) < 4.78 is 19.1. The van der Waals surface area contributed by atoms with Gasteiger partial charge in [-0.15, -0.1) is 0 Å². The Morgan fingerprint density at radius 3 is 2.65 bits per heavy atom. The number of ether oxygens (including phenoxy) is 1. The number of benzene rings is 1. The highest BCUT2D eigenvalue weighted by Gasteiger charge is 2.28. The molecule has 20 heavy (non-hydrogen) atoms. The minimum absolute atomic E-state index is 0.0545. The van der Waals surface area contributed by atoms with Crippen molar-refractivity contribution in [1.82, 2.24) is 10.2 Å². The Hall–Kier alpha value is -1.62. The molecule has 1 aromatic rings. The van der Waals surface area contributed by atoms with Crippen molar-refractivity contribution < 1.29 is 13.9 Å². The Kier molecular flexibility index (Phi) is 4.60. The van der Waals surface area contributed by atoms with Crippen molar-refractivity contribution in [3.05, 3.63) is 29.6 Å². The van der Waals surface area contributed by atoms with Crippen molar-refractivity contribution in [2.24, 2.45) is 0 Å². The van der Waals surface area contributed by atoms with Crippen molar-refractivity contribution in [3.8, 4) is 5.75 Å². The molecule has 4 nitrogen and oxygen atoms in total. The van der Waals surface area contributed by atoms with Crippen LogP contribution in [-0.4, -0.2) is 42.6 Å². The summed E-state index contributed by atoms with van der Waals surface area (Å²) in [7, 11) is 0. The van der Waals surface area contributed by atoms with Gasteiger partial charge in [-0.2, -0.15) is 0 Å². The summed E-state index contributed by atoms with van der Waals surface area (Å²) in [6, 6.07) is 4.93. The lowest BCUT2D eigenvalue weighted by atomic mass is 10.1. The topological polar surface area (TPSA) is 41.6 Å². The predicted octanol–water partition coefficient (Wildman–Crippen LogP) is 2.05. The molecule has 1 fully saturated rings. The summed E-state index contributed by atoms with van der Waals surface area (Å²) >= 11 is 0. The summed E-state index contributed by atoms with van der Waals surface area (Å²) in [6.45, 7) is 7.40. The second-order valence-corrected chi connectivity index (χ2v) is 5.23. The number of rotatable bonds is 3. The fraction of sp³-hybridized carbons (Fsp3) is 0.533. The molecule has 5 heteroatoms. The lowest BCUT2D eigenvalue weighted by molar-refractivity contribution is 0.0668. The van der Waals surface area contributed by atoms with Crippen molar-refractivity contribution in [2.75, 3.05) is 19.7 Å². The van der Waals surface area contributed by atoms with Gasteiger partial charge in [-0.3, -0.25) is 4.79 Å². The van der Waals surface area contributed by atoms with Crippen molar-refractivity contribution in [3.63, 3.8) is 0 Å². The standard InChI is InChI=1S/C15H21FN2O2/c1-4-20-14-12(6-5-7-13(14)16)15(19)18-8-10(2)17-11(3)9-18/h5-7,10-11,17H,4,8-9H2,1-3H3/t10-,11-/m1/s1. The molecule has 1 N–H and O–H groups in total. The van der Waals surface area contributed by atoms with Crippen LogP contribution in [0, 0.1) is 5.82 Å². The molecule has 0 aromatic heterocycles. The van der Waals surface area contributed by atoms with Gasteiger partial charge in [-0.05, 0) is 32.9 Å². The molecular formula is C15H21FN2O2. The number of nitrogens with zero attached hydrogens (tertiary/aromatic N) is 1. The lowest BCUT2D eigenvalue weighted by Gasteiger charge is -2.36. The van der Waals surface area contributed by atoms with E-state index >= 15 is 0 Å². The van der Waals surface area contributed by atoms with Crippen LogP contribution in [0.1, 0.15) is 31.1 Å². The zero-order valence-corrected chi connectivity index (χ0v) is 12.1. The Balaban J connectivity index is 2.26. The molecule has 110 valence electrons. The van der Waals surface area contributed by atoms with Crippen LogP contribution in [0.3, 0.4) is 0 Å². The van der Waals surface area contributed by atoms with Crippen LogP contribution in [0.5, 0.6) is 5.75 Å². The largest absolute Gasteiger partial charge is 0.490 e. The van der Waals surface area contributed by atoms with Gasteiger partial charge in [0, 0.05) is 25.2 Å². The third kappa shape index (κ3) is 3.10. The maximum Gasteiger partial charge on any atom is 0.257 e. The summed E-state index contributed by atoms with van der Waals surface area (Å²) in [6.07, 6.45) is 0. The summed E-state index contributed by atoms with van der Waals surface area (Å²) in [4.78, 5) is 14.3. The van der Waals surface area contributed by atoms with Crippen molar-refractivity contribution in [1.29, 1.82) is 0 Å². The van der Waals surface area contributed by atoms with Crippen LogP contribution >= 0.6 is 0 Å². The molecule has 0 spiro atoms. The summed E-state index contributed by atoms with van der Waals surface area (Å²) in [5, 5.41) is 3.37. The molecule has 2 atom stereocenters. The normalized spacial score (nSPS) is 22.7. The van der Waals surface area contributed by atoms with Crippen LogP contribution < -0.4 is 10.1 Å². The van der Waals surface area contributed by atoms with E-state index in [0.717, 1.165) is 0 Å². The number of carbonyl (C=O) groups is 1. The van der Waals surface area contributed by atoms with Gasteiger partial charge in [-0.25, -0.2) is 4.39 Å². The number of nitrogens with one attached hydrogen (secondary N) is 1. The number of carbonyl (C=O) groups excluding carboxylic acids is 1. The van der Waals surface area contributed by atoms with Gasteiger partial charge in [-0.1, -0.05) is 6.07 Å². The molecule has 0 bridgehead atoms. The third-order valence-corrected chi connectivity index (χ3v) is 3.33. The van der Waals surface area contributed by atoms with E-state index in [2.05, 4.69) is 5.32 Å². The van der Waals surface area contributed by atoms with Crippen LogP contribution in [0.4, 0.5) is 4.39 Å². The second kappa shape index (κ2) is 6.22. The number of hydrogen-bond donors (Lipinski definition) is 1. The zero-order valence-electron chi connectivity index (χ0n) is 12.1. The fourth-order valence-corrected chi connectivity index (χ4v) is 2.63. The maximum absolute atomic E-state index is 13.8. The van der Waals surface area contributed by atoms with Gasteiger partial charge in [0.2, 0.25) is 0 Å². The van der Waals surface area contributed by atoms with Crippen molar-refractivity contribution >= 4 is 5.91 Å². The maximum atomic E-state index is 13.8. The second-order valence-electron chi connectivity index (χ2n) is 5.23. The first kappa shape index (κ1) is 14.8. The molecule has 0 unspecified atom stereocenters. The Bertz CT molecular complexity index is 483. The van der Waals surface area contributed by atoms with E-state index in [1.54, 1.807) is 24.0 Å². The van der Waals surface area contributed by atoms with E-state index in [1.165, 1.54) is 6.07 Å². The van der Waals surface area contributed by atoms with E-state index in [0.29, 0.717) is 25.3 Å². The molecule has 1 aliphatic rings. The number of hydrogen-bond acceptors (Lipinski definition) is 3. The molecule has 1 amide bonds. The highest BCUT2D eigenvalue weighted by atomic mass is 19.1. The third-order valence-electron chi connectivity index (χ3n) is 3.33. The number of piperazine rings is 1. The summed E-state index contributed by atoms with van der Waals surface area (Å²) in [5.74, 6) is -0.610. The van der Waals surface area contributed by atoms with E-state index < -0.39 is 5.82 Å². The Labute approximate surface area is 118 Å². The van der Waals surface area contributed by atoms with E-state index in [9.17, 15) is 9.18 Å². The molecule has 0 saturated carbocycles. The predicted molar refractivity (Wildman–Crippen MR) is 75.5 cm³/mol. The van der Waals surface area contributed by atoms with Gasteiger partial charge in [0.05, 0.1) is 12.2 Å².